The zero-order valence-electron chi connectivity index (χ0n) is 18.6. The van der Waals surface area contributed by atoms with Crippen LogP contribution in [0.1, 0.15) is 40.5 Å². The van der Waals surface area contributed by atoms with Crippen molar-refractivity contribution in [1.29, 1.82) is 0 Å². The van der Waals surface area contributed by atoms with Gasteiger partial charge >= 0.3 is 5.97 Å². The van der Waals surface area contributed by atoms with Gasteiger partial charge in [0.2, 0.25) is 23.6 Å². The number of carbonyl (C=O) groups excluding carboxylic acids is 4. The molecule has 0 spiro atoms. The van der Waals surface area contributed by atoms with Crippen LogP contribution in [-0.4, -0.2) is 70.9 Å². The highest BCUT2D eigenvalue weighted by Gasteiger charge is 2.33. The maximum atomic E-state index is 12.8. The third-order valence-corrected chi connectivity index (χ3v) is 5.13. The van der Waals surface area contributed by atoms with Crippen molar-refractivity contribution in [2.24, 2.45) is 23.3 Å². The van der Waals surface area contributed by atoms with Crippen molar-refractivity contribution in [2.45, 2.75) is 64.7 Å². The van der Waals surface area contributed by atoms with Gasteiger partial charge in [0.1, 0.15) is 18.1 Å². The van der Waals surface area contributed by atoms with E-state index in [1.54, 1.807) is 27.7 Å². The lowest BCUT2D eigenvalue weighted by atomic mass is 10.0. The first-order valence-electron chi connectivity index (χ1n) is 9.98. The summed E-state index contributed by atoms with van der Waals surface area (Å²) in [6, 6.07) is -4.42. The van der Waals surface area contributed by atoms with Gasteiger partial charge in [-0.1, -0.05) is 27.7 Å². The summed E-state index contributed by atoms with van der Waals surface area (Å²) in [5, 5.41) is 16.5. The molecule has 4 atom stereocenters. The van der Waals surface area contributed by atoms with Crippen LogP contribution < -0.4 is 27.4 Å². The van der Waals surface area contributed by atoms with Crippen molar-refractivity contribution in [3.05, 3.63) is 0 Å². The molecule has 31 heavy (non-hydrogen) atoms. The molecule has 4 unspecified atom stereocenters. The number of carbonyl (C=O) groups is 5. The largest absolute Gasteiger partial charge is 0.480 e. The number of hydrogen-bond acceptors (Lipinski definition) is 7. The molecule has 0 aliphatic heterocycles. The molecule has 0 aromatic rings. The number of aliphatic carboxylic acids is 1. The maximum absolute atomic E-state index is 12.8. The van der Waals surface area contributed by atoms with Crippen molar-refractivity contribution in [3.8, 4) is 0 Å². The smallest absolute Gasteiger partial charge is 0.326 e. The molecule has 0 heterocycles. The van der Waals surface area contributed by atoms with E-state index >= 15 is 0 Å². The second-order valence-corrected chi connectivity index (χ2v) is 8.90. The van der Waals surface area contributed by atoms with Crippen LogP contribution in [0.15, 0.2) is 0 Å². The highest BCUT2D eigenvalue weighted by atomic mass is 32.2. The van der Waals surface area contributed by atoms with Crippen LogP contribution in [0.2, 0.25) is 0 Å². The number of carboxylic acid groups (broad SMARTS) is 1. The second kappa shape index (κ2) is 13.9. The molecule has 8 N–H and O–H groups in total. The Bertz CT molecular complexity index is 658. The van der Waals surface area contributed by atoms with Crippen molar-refractivity contribution in [3.63, 3.8) is 0 Å². The topological polar surface area (TPSA) is 194 Å². The predicted molar refractivity (Wildman–Crippen MR) is 118 cm³/mol. The lowest BCUT2D eigenvalue weighted by molar-refractivity contribution is -0.143. The Balaban J connectivity index is 5.39. The Hall–Kier alpha value is -2.34. The van der Waals surface area contributed by atoms with Crippen LogP contribution in [0.5, 0.6) is 0 Å². The second-order valence-electron chi connectivity index (χ2n) is 7.92. The molecule has 0 aromatic heterocycles. The molecule has 178 valence electrons. The third-order valence-electron chi connectivity index (χ3n) is 4.49. The number of nitrogens with one attached hydrogen (secondary N) is 3. The minimum Gasteiger partial charge on any atom is -0.480 e. The molecule has 0 saturated carbocycles. The molecule has 0 radical (unpaired) electrons. The third kappa shape index (κ3) is 10.5. The quantitative estimate of drug-likeness (QED) is 0.185. The zero-order chi connectivity index (χ0) is 24.3. The van der Waals surface area contributed by atoms with Gasteiger partial charge < -0.3 is 32.5 Å². The highest BCUT2D eigenvalue weighted by Crippen LogP contribution is 2.07. The molecule has 0 rings (SSSR count). The number of thioether (sulfide) groups is 1. The summed E-state index contributed by atoms with van der Waals surface area (Å²) in [5.74, 6) is -4.30. The minimum atomic E-state index is -1.39. The summed E-state index contributed by atoms with van der Waals surface area (Å²) in [5.41, 5.74) is 11.0. The van der Waals surface area contributed by atoms with Gasteiger partial charge in [-0.15, -0.1) is 0 Å². The summed E-state index contributed by atoms with van der Waals surface area (Å²) in [4.78, 5) is 60.4. The number of amides is 4. The van der Waals surface area contributed by atoms with Crippen molar-refractivity contribution in [2.75, 3.05) is 12.0 Å². The van der Waals surface area contributed by atoms with Gasteiger partial charge in [0, 0.05) is 0 Å². The molecule has 4 amide bonds. The fourth-order valence-corrected chi connectivity index (χ4v) is 3.10. The number of nitrogens with two attached hydrogens (primary N) is 2. The predicted octanol–water partition coefficient (Wildman–Crippen LogP) is -1.21. The summed E-state index contributed by atoms with van der Waals surface area (Å²) < 4.78 is 0. The summed E-state index contributed by atoms with van der Waals surface area (Å²) in [7, 11) is 0. The van der Waals surface area contributed by atoms with Gasteiger partial charge in [-0.2, -0.15) is 11.8 Å². The van der Waals surface area contributed by atoms with E-state index in [1.807, 2.05) is 6.26 Å². The number of carboxylic acids is 1. The molecule has 0 aliphatic carbocycles. The molecule has 11 nitrogen and oxygen atoms in total. The molecule has 12 heteroatoms. The van der Waals surface area contributed by atoms with Crippen LogP contribution >= 0.6 is 11.8 Å². The van der Waals surface area contributed by atoms with E-state index in [-0.39, 0.29) is 5.92 Å². The Labute approximate surface area is 186 Å². The Morgan fingerprint density at radius 1 is 0.871 bits per heavy atom. The lowest BCUT2D eigenvalue weighted by Crippen LogP contribution is -2.59. The lowest BCUT2D eigenvalue weighted by Gasteiger charge is -2.27. The van der Waals surface area contributed by atoms with Crippen LogP contribution in [-0.2, 0) is 24.0 Å². The van der Waals surface area contributed by atoms with Gasteiger partial charge in [-0.25, -0.2) is 4.79 Å². The summed E-state index contributed by atoms with van der Waals surface area (Å²) >= 11 is 1.54. The van der Waals surface area contributed by atoms with Crippen LogP contribution in [0.4, 0.5) is 0 Å². The van der Waals surface area contributed by atoms with Crippen molar-refractivity contribution >= 4 is 41.4 Å². The molecular weight excluding hydrogens is 426 g/mol. The fourth-order valence-electron chi connectivity index (χ4n) is 2.61. The van der Waals surface area contributed by atoms with Crippen molar-refractivity contribution < 1.29 is 29.1 Å². The average molecular weight is 462 g/mol. The van der Waals surface area contributed by atoms with Crippen LogP contribution in [0.3, 0.4) is 0 Å². The van der Waals surface area contributed by atoms with Crippen molar-refractivity contribution in [1.82, 2.24) is 16.0 Å². The van der Waals surface area contributed by atoms with Gasteiger partial charge in [0.25, 0.3) is 0 Å². The fraction of sp³-hybridized carbons (Fsp3) is 0.737. The normalized spacial score (nSPS) is 15.0. The molecule has 0 saturated heterocycles. The van der Waals surface area contributed by atoms with E-state index in [2.05, 4.69) is 16.0 Å². The first-order valence-corrected chi connectivity index (χ1v) is 11.4. The van der Waals surface area contributed by atoms with Gasteiger partial charge in [-0.3, -0.25) is 19.2 Å². The standard InChI is InChI=1S/C19H35N5O6S/c1-9(2)14(23-16(26)11(20)6-7-31-5)18(28)22-12(8-13(21)25)17(27)24-15(10(3)4)19(29)30/h9-12,14-15H,6-8,20H2,1-5H3,(H2,21,25)(H,22,28)(H,23,26)(H,24,27)(H,29,30). The first kappa shape index (κ1) is 28.7. The van der Waals surface area contributed by atoms with Crippen LogP contribution in [0, 0.1) is 11.8 Å². The Morgan fingerprint density at radius 2 is 1.39 bits per heavy atom. The Kier molecular flexibility index (Phi) is 12.8. The Morgan fingerprint density at radius 3 is 1.81 bits per heavy atom. The van der Waals surface area contributed by atoms with E-state index < -0.39 is 66.1 Å². The SMILES string of the molecule is CSCCC(N)C(=O)NC(C(=O)NC(CC(N)=O)C(=O)NC(C(=O)O)C(C)C)C(C)C. The summed E-state index contributed by atoms with van der Waals surface area (Å²) in [6.45, 7) is 6.59. The maximum Gasteiger partial charge on any atom is 0.326 e. The zero-order valence-corrected chi connectivity index (χ0v) is 19.5. The number of primary amides is 1. The van der Waals surface area contributed by atoms with E-state index in [1.165, 1.54) is 11.8 Å². The van der Waals surface area contributed by atoms with E-state index in [4.69, 9.17) is 11.5 Å². The van der Waals surface area contributed by atoms with Gasteiger partial charge in [-0.05, 0) is 30.3 Å². The minimum absolute atomic E-state index is 0.351. The molecule has 0 aromatic carbocycles. The van der Waals surface area contributed by atoms with Crippen LogP contribution in [0.25, 0.3) is 0 Å². The highest BCUT2D eigenvalue weighted by molar-refractivity contribution is 7.98. The number of hydrogen-bond donors (Lipinski definition) is 6. The van der Waals surface area contributed by atoms with E-state index in [0.717, 1.165) is 0 Å². The molecule has 0 bridgehead atoms. The number of rotatable bonds is 14. The molecule has 0 fully saturated rings. The average Bonchev–Trinajstić information content (AvgIpc) is 2.65. The van der Waals surface area contributed by atoms with Gasteiger partial charge in [0.15, 0.2) is 0 Å². The first-order chi connectivity index (χ1) is 14.3. The molecule has 0 aliphatic rings. The van der Waals surface area contributed by atoms with Gasteiger partial charge in [0.05, 0.1) is 12.5 Å². The van der Waals surface area contributed by atoms with E-state index in [0.29, 0.717) is 12.2 Å². The monoisotopic (exact) mass is 461 g/mol. The summed E-state index contributed by atoms with van der Waals surface area (Å²) in [6.07, 6.45) is 1.78. The van der Waals surface area contributed by atoms with E-state index in [9.17, 15) is 29.1 Å². The molecular formula is C19H35N5O6S.